The van der Waals surface area contributed by atoms with E-state index in [-0.39, 0.29) is 5.78 Å². The third-order valence-corrected chi connectivity index (χ3v) is 8.20. The van der Waals surface area contributed by atoms with Crippen molar-refractivity contribution in [2.24, 2.45) is 0 Å². The summed E-state index contributed by atoms with van der Waals surface area (Å²) >= 11 is 0. The van der Waals surface area contributed by atoms with Crippen LogP contribution in [-0.4, -0.2) is 44.1 Å². The fraction of sp³-hybridized carbons (Fsp3) is 0.649. The number of nitrogens with zero attached hydrogens (tertiary/aromatic N) is 1. The topological polar surface area (TPSA) is 26.3 Å². The Morgan fingerprint density at radius 1 is 0.575 bits per heavy atom. The summed E-state index contributed by atoms with van der Waals surface area (Å²) in [6.45, 7) is 5.66. The second-order valence-electron chi connectivity index (χ2n) is 12.4. The van der Waals surface area contributed by atoms with Crippen molar-refractivity contribution in [3.63, 3.8) is 0 Å². The zero-order valence-corrected chi connectivity index (χ0v) is 26.3. The largest absolute Gasteiger partial charge is 0.493 e. The predicted octanol–water partition coefficient (Wildman–Crippen LogP) is 10.4. The highest BCUT2D eigenvalue weighted by molar-refractivity contribution is 6.10. The first kappa shape index (κ1) is 34.1. The first-order chi connectivity index (χ1) is 19.5. The number of carbonyl (C=O) groups is 1. The lowest BCUT2D eigenvalue weighted by molar-refractivity contribution is -0.890. The lowest BCUT2D eigenvalue weighted by Crippen LogP contribution is -2.41. The quantitative estimate of drug-likeness (QED) is 0.0698. The molecule has 0 amide bonds. The van der Waals surface area contributed by atoms with Crippen molar-refractivity contribution in [3.8, 4) is 5.75 Å². The number of ether oxygens (including phenoxy) is 1. The molecule has 2 rings (SSSR count). The zero-order chi connectivity index (χ0) is 28.7. The van der Waals surface area contributed by atoms with Crippen LogP contribution in [-0.2, 0) is 0 Å². The van der Waals surface area contributed by atoms with Gasteiger partial charge in [0.2, 0.25) is 0 Å². The van der Waals surface area contributed by atoms with Crippen LogP contribution < -0.4 is 4.74 Å². The summed E-state index contributed by atoms with van der Waals surface area (Å²) in [4.78, 5) is 12.8. The van der Waals surface area contributed by atoms with Gasteiger partial charge in [-0.2, -0.15) is 0 Å². The molecule has 224 valence electrons. The third-order valence-electron chi connectivity index (χ3n) is 8.20. The molecule has 0 N–H and O–H groups in total. The van der Waals surface area contributed by atoms with Crippen LogP contribution in [0.4, 0.5) is 0 Å². The molecule has 0 saturated carbocycles. The number of carbonyl (C=O) groups excluding carboxylic acids is 1. The van der Waals surface area contributed by atoms with Crippen LogP contribution in [0.3, 0.4) is 0 Å². The minimum atomic E-state index is 0.0266. The van der Waals surface area contributed by atoms with Gasteiger partial charge in [0, 0.05) is 5.56 Å². The summed E-state index contributed by atoms with van der Waals surface area (Å²) < 4.78 is 7.21. The molecule has 0 heterocycles. The molecule has 0 fully saturated rings. The molecule has 0 spiro atoms. The van der Waals surface area contributed by atoms with E-state index in [1.54, 1.807) is 0 Å². The monoisotopic (exact) mass is 550 g/mol. The molecule has 2 aromatic rings. The Kier molecular flexibility index (Phi) is 18.4. The number of para-hydroxylation sites is 1. The maximum absolute atomic E-state index is 12.8. The third kappa shape index (κ3) is 15.6. The fourth-order valence-corrected chi connectivity index (χ4v) is 5.52. The van der Waals surface area contributed by atoms with Gasteiger partial charge in [0.15, 0.2) is 5.78 Å². The van der Waals surface area contributed by atoms with E-state index in [0.29, 0.717) is 23.5 Å². The van der Waals surface area contributed by atoms with Crippen LogP contribution in [0.15, 0.2) is 54.6 Å². The Hall–Kier alpha value is -2.13. The summed E-state index contributed by atoms with van der Waals surface area (Å²) in [7, 11) is 4.79. The Labute approximate surface area is 247 Å². The summed E-state index contributed by atoms with van der Waals surface area (Å²) in [5.41, 5.74) is 1.36. The van der Waals surface area contributed by atoms with Crippen LogP contribution in [0.5, 0.6) is 5.75 Å². The number of hydrogen-bond acceptors (Lipinski definition) is 2. The molecule has 0 bridgehead atoms. The molecule has 0 atom stereocenters. The molecular formula is C37H60NO2+. The van der Waals surface area contributed by atoms with E-state index in [1.807, 2.05) is 54.6 Å². The average Bonchev–Trinajstić information content (AvgIpc) is 2.97. The zero-order valence-electron chi connectivity index (χ0n) is 26.3. The average molecular weight is 551 g/mol. The summed E-state index contributed by atoms with van der Waals surface area (Å²) in [5, 5.41) is 0. The Balaban J connectivity index is 1.36. The number of rotatable bonds is 25. The molecule has 0 aromatic heterocycles. The van der Waals surface area contributed by atoms with Crippen molar-refractivity contribution < 1.29 is 14.0 Å². The van der Waals surface area contributed by atoms with Gasteiger partial charge in [0.1, 0.15) is 5.75 Å². The van der Waals surface area contributed by atoms with Crippen molar-refractivity contribution in [3.05, 3.63) is 65.7 Å². The highest BCUT2D eigenvalue weighted by Gasteiger charge is 2.14. The molecule has 0 unspecified atom stereocenters. The van der Waals surface area contributed by atoms with Gasteiger partial charge in [-0.1, -0.05) is 139 Å². The predicted molar refractivity (Wildman–Crippen MR) is 172 cm³/mol. The van der Waals surface area contributed by atoms with Crippen LogP contribution >= 0.6 is 0 Å². The summed E-state index contributed by atoms with van der Waals surface area (Å²) in [6.07, 6.45) is 24.5. The number of benzene rings is 2. The minimum absolute atomic E-state index is 0.0266. The van der Waals surface area contributed by atoms with Crippen molar-refractivity contribution in [1.82, 2.24) is 0 Å². The van der Waals surface area contributed by atoms with Crippen LogP contribution in [0.2, 0.25) is 0 Å². The van der Waals surface area contributed by atoms with E-state index in [2.05, 4.69) is 21.0 Å². The molecule has 0 aliphatic rings. The number of unbranched alkanes of at least 4 members (excludes halogenated alkanes) is 16. The summed E-state index contributed by atoms with van der Waals surface area (Å²) in [5.74, 6) is 0.729. The standard InChI is InChI=1S/C37H60NO2/c1-4-5-31-38(2,3)32-25-18-16-14-12-10-8-6-7-9-11-13-15-17-19-26-33-40-36-30-24-23-29-35(36)37(39)34-27-21-20-22-28-34/h20-24,27-30H,4-19,25-26,31-33H2,1-3H3/q+1. The van der Waals surface area contributed by atoms with Gasteiger partial charge in [-0.05, 0) is 37.8 Å². The Bertz CT molecular complexity index is 892. The van der Waals surface area contributed by atoms with E-state index >= 15 is 0 Å². The van der Waals surface area contributed by atoms with Crippen molar-refractivity contribution in [1.29, 1.82) is 0 Å². The van der Waals surface area contributed by atoms with Gasteiger partial charge < -0.3 is 9.22 Å². The number of ketones is 1. The van der Waals surface area contributed by atoms with Gasteiger partial charge in [-0.25, -0.2) is 0 Å². The Morgan fingerprint density at radius 3 is 1.57 bits per heavy atom. The van der Waals surface area contributed by atoms with Gasteiger partial charge in [0.25, 0.3) is 0 Å². The highest BCUT2D eigenvalue weighted by atomic mass is 16.5. The lowest BCUT2D eigenvalue weighted by atomic mass is 10.0. The van der Waals surface area contributed by atoms with Crippen molar-refractivity contribution in [2.75, 3.05) is 33.8 Å². The van der Waals surface area contributed by atoms with Crippen LogP contribution in [0, 0.1) is 0 Å². The molecule has 40 heavy (non-hydrogen) atoms. The molecule has 0 aliphatic carbocycles. The van der Waals surface area contributed by atoms with Gasteiger partial charge >= 0.3 is 0 Å². The van der Waals surface area contributed by atoms with Gasteiger partial charge in [-0.15, -0.1) is 0 Å². The molecule has 0 aliphatic heterocycles. The Morgan fingerprint density at radius 2 is 1.02 bits per heavy atom. The second kappa shape index (κ2) is 21.6. The summed E-state index contributed by atoms with van der Waals surface area (Å²) in [6, 6.07) is 17.1. The van der Waals surface area contributed by atoms with Gasteiger partial charge in [-0.3, -0.25) is 4.79 Å². The molecule has 0 saturated heterocycles. The second-order valence-corrected chi connectivity index (χ2v) is 12.4. The van der Waals surface area contributed by atoms with E-state index in [0.717, 1.165) is 6.42 Å². The smallest absolute Gasteiger partial charge is 0.196 e. The van der Waals surface area contributed by atoms with Crippen molar-refractivity contribution in [2.45, 2.75) is 122 Å². The molecular weight excluding hydrogens is 490 g/mol. The van der Waals surface area contributed by atoms with E-state index in [9.17, 15) is 4.79 Å². The van der Waals surface area contributed by atoms with E-state index in [1.165, 1.54) is 127 Å². The molecule has 2 aromatic carbocycles. The fourth-order valence-electron chi connectivity index (χ4n) is 5.52. The normalized spacial score (nSPS) is 11.6. The van der Waals surface area contributed by atoms with Crippen LogP contribution in [0.1, 0.15) is 138 Å². The number of quaternary nitrogens is 1. The highest BCUT2D eigenvalue weighted by Crippen LogP contribution is 2.22. The molecule has 3 nitrogen and oxygen atoms in total. The van der Waals surface area contributed by atoms with E-state index in [4.69, 9.17) is 4.74 Å². The number of hydrogen-bond donors (Lipinski definition) is 0. The van der Waals surface area contributed by atoms with Gasteiger partial charge in [0.05, 0.1) is 39.4 Å². The first-order valence-corrected chi connectivity index (χ1v) is 16.7. The SMILES string of the molecule is CCCC[N+](C)(C)CCCCCCCCCCCCCCCCCCOc1ccccc1C(=O)c1ccccc1. The molecule has 0 radical (unpaired) electrons. The lowest BCUT2D eigenvalue weighted by Gasteiger charge is -2.29. The maximum Gasteiger partial charge on any atom is 0.196 e. The maximum atomic E-state index is 12.8. The van der Waals surface area contributed by atoms with Crippen molar-refractivity contribution >= 4 is 5.78 Å². The van der Waals surface area contributed by atoms with E-state index < -0.39 is 0 Å². The molecule has 3 heteroatoms. The minimum Gasteiger partial charge on any atom is -0.493 e. The van der Waals surface area contributed by atoms with Crippen LogP contribution in [0.25, 0.3) is 0 Å². The first-order valence-electron chi connectivity index (χ1n) is 16.7.